The Morgan fingerprint density at radius 1 is 1.44 bits per heavy atom. The Bertz CT molecular complexity index is 519. The molecule has 1 aromatic rings. The molecular weight excluding hydrogens is 296 g/mol. The first-order valence-corrected chi connectivity index (χ1v) is 7.07. The third-order valence-corrected chi connectivity index (χ3v) is 3.97. The van der Waals surface area contributed by atoms with Gasteiger partial charge >= 0.3 is 0 Å². The molecule has 1 unspecified atom stereocenters. The average molecular weight is 311 g/mol. The normalized spacial score (nSPS) is 23.8. The number of carbonyl (C=O) groups is 2. The number of aromatic nitrogens is 1. The summed E-state index contributed by atoms with van der Waals surface area (Å²) in [6.07, 6.45) is 4.66. The first-order valence-electron chi connectivity index (χ1n) is 6.28. The van der Waals surface area contributed by atoms with Crippen molar-refractivity contribution in [3.05, 3.63) is 22.4 Å². The van der Waals surface area contributed by atoms with Crippen LogP contribution in [0.4, 0.5) is 0 Å². The number of rotatable bonds is 2. The molecule has 0 aromatic carbocycles. The molecule has 18 heavy (non-hydrogen) atoms. The van der Waals surface area contributed by atoms with Crippen LogP contribution in [-0.2, 0) is 4.79 Å². The predicted octanol–water partition coefficient (Wildman–Crippen LogP) is 2.59. The molecule has 2 amide bonds. The van der Waals surface area contributed by atoms with Crippen molar-refractivity contribution in [2.45, 2.75) is 32.2 Å². The molecule has 0 bridgehead atoms. The van der Waals surface area contributed by atoms with Gasteiger partial charge < -0.3 is 4.57 Å². The highest BCUT2D eigenvalue weighted by atomic mass is 79.9. The Morgan fingerprint density at radius 3 is 2.72 bits per heavy atom. The van der Waals surface area contributed by atoms with Crippen LogP contribution in [0.2, 0.25) is 0 Å². The van der Waals surface area contributed by atoms with E-state index in [1.54, 1.807) is 0 Å². The van der Waals surface area contributed by atoms with E-state index in [2.05, 4.69) is 15.9 Å². The zero-order chi connectivity index (χ0) is 12.9. The van der Waals surface area contributed by atoms with Gasteiger partial charge in [0.1, 0.15) is 5.69 Å². The van der Waals surface area contributed by atoms with Crippen LogP contribution >= 0.6 is 15.9 Å². The van der Waals surface area contributed by atoms with E-state index >= 15 is 0 Å². The second-order valence-electron chi connectivity index (χ2n) is 5.30. The Kier molecular flexibility index (Phi) is 2.81. The summed E-state index contributed by atoms with van der Waals surface area (Å²) < 4.78 is 2.90. The van der Waals surface area contributed by atoms with Gasteiger partial charge in [-0.1, -0.05) is 6.92 Å². The monoisotopic (exact) mass is 310 g/mol. The van der Waals surface area contributed by atoms with Crippen molar-refractivity contribution in [2.75, 3.05) is 6.54 Å². The highest BCUT2D eigenvalue weighted by Crippen LogP contribution is 2.38. The number of nitrogens with zero attached hydrogens (tertiary/aromatic N) is 2. The first-order chi connectivity index (χ1) is 8.56. The number of halogens is 1. The van der Waals surface area contributed by atoms with Crippen LogP contribution in [0.3, 0.4) is 0 Å². The van der Waals surface area contributed by atoms with Gasteiger partial charge in [-0.05, 0) is 40.8 Å². The van der Waals surface area contributed by atoms with Crippen LogP contribution in [-0.4, -0.2) is 27.8 Å². The summed E-state index contributed by atoms with van der Waals surface area (Å²) in [5.74, 6) is 0.0725. The molecular formula is C13H15BrN2O2. The Labute approximate surface area is 114 Å². The zero-order valence-electron chi connectivity index (χ0n) is 10.2. The topological polar surface area (TPSA) is 42.3 Å². The number of likely N-dealkylation sites (tertiary alicyclic amines) is 1. The minimum Gasteiger partial charge on any atom is -0.339 e. The Morgan fingerprint density at radius 2 is 2.17 bits per heavy atom. The number of carbonyl (C=O) groups excluding carboxylic acids is 2. The van der Waals surface area contributed by atoms with E-state index in [4.69, 9.17) is 0 Å². The van der Waals surface area contributed by atoms with Gasteiger partial charge in [0, 0.05) is 29.7 Å². The van der Waals surface area contributed by atoms with Crippen molar-refractivity contribution in [1.82, 2.24) is 9.47 Å². The maximum absolute atomic E-state index is 12.4. The van der Waals surface area contributed by atoms with Gasteiger partial charge in [-0.25, -0.2) is 0 Å². The molecule has 1 aromatic heterocycles. The lowest BCUT2D eigenvalue weighted by atomic mass is 10.2. The van der Waals surface area contributed by atoms with E-state index in [1.165, 1.54) is 4.90 Å². The lowest BCUT2D eigenvalue weighted by Crippen LogP contribution is -2.33. The van der Waals surface area contributed by atoms with E-state index in [0.717, 1.165) is 17.3 Å². The minimum atomic E-state index is -0.151. The van der Waals surface area contributed by atoms with Crippen molar-refractivity contribution in [3.63, 3.8) is 0 Å². The molecule has 1 aliphatic carbocycles. The largest absolute Gasteiger partial charge is 0.339 e. The lowest BCUT2D eigenvalue weighted by molar-refractivity contribution is -0.125. The quantitative estimate of drug-likeness (QED) is 0.788. The molecule has 4 nitrogen and oxygen atoms in total. The summed E-state index contributed by atoms with van der Waals surface area (Å²) in [5, 5.41) is 0. The standard InChI is InChI=1S/C13H15BrN2O2/c1-8-4-12(17)16(6-8)13(18)11-5-9(14)7-15(11)10-2-3-10/h5,7-8,10H,2-4,6H2,1H3. The van der Waals surface area contributed by atoms with Crippen LogP contribution in [0.15, 0.2) is 16.7 Å². The molecule has 0 N–H and O–H groups in total. The smallest absolute Gasteiger partial charge is 0.277 e. The molecule has 0 spiro atoms. The van der Waals surface area contributed by atoms with Crippen molar-refractivity contribution in [2.24, 2.45) is 5.92 Å². The van der Waals surface area contributed by atoms with E-state index in [9.17, 15) is 9.59 Å². The average Bonchev–Trinajstić information content (AvgIpc) is 3.00. The molecule has 1 saturated carbocycles. The van der Waals surface area contributed by atoms with E-state index in [-0.39, 0.29) is 17.7 Å². The summed E-state index contributed by atoms with van der Waals surface area (Å²) in [6.45, 7) is 2.55. The fourth-order valence-electron chi connectivity index (χ4n) is 2.49. The molecule has 1 atom stereocenters. The fraction of sp³-hybridized carbons (Fsp3) is 0.538. The van der Waals surface area contributed by atoms with Gasteiger partial charge in [-0.3, -0.25) is 14.5 Å². The summed E-state index contributed by atoms with van der Waals surface area (Å²) in [7, 11) is 0. The summed E-state index contributed by atoms with van der Waals surface area (Å²) in [5.41, 5.74) is 0.631. The third-order valence-electron chi connectivity index (χ3n) is 3.54. The molecule has 2 aliphatic rings. The van der Waals surface area contributed by atoms with Gasteiger partial charge in [0.15, 0.2) is 0 Å². The molecule has 1 saturated heterocycles. The van der Waals surface area contributed by atoms with Gasteiger partial charge in [0.2, 0.25) is 5.91 Å². The van der Waals surface area contributed by atoms with Crippen molar-refractivity contribution < 1.29 is 9.59 Å². The van der Waals surface area contributed by atoms with Crippen molar-refractivity contribution in [1.29, 1.82) is 0 Å². The second-order valence-corrected chi connectivity index (χ2v) is 6.22. The highest BCUT2D eigenvalue weighted by molar-refractivity contribution is 9.10. The molecule has 0 radical (unpaired) electrons. The summed E-state index contributed by atoms with van der Waals surface area (Å²) in [4.78, 5) is 25.6. The fourth-order valence-corrected chi connectivity index (χ4v) is 2.93. The van der Waals surface area contributed by atoms with Crippen molar-refractivity contribution in [3.8, 4) is 0 Å². The van der Waals surface area contributed by atoms with E-state index < -0.39 is 0 Å². The van der Waals surface area contributed by atoms with Gasteiger partial charge in [0.25, 0.3) is 5.91 Å². The number of amides is 2. The minimum absolute atomic E-state index is 0.0489. The van der Waals surface area contributed by atoms with Crippen LogP contribution in [0.5, 0.6) is 0 Å². The van der Waals surface area contributed by atoms with Crippen LogP contribution in [0.25, 0.3) is 0 Å². The molecule has 5 heteroatoms. The van der Waals surface area contributed by atoms with Crippen LogP contribution in [0, 0.1) is 5.92 Å². The van der Waals surface area contributed by atoms with E-state index in [1.807, 2.05) is 23.8 Å². The summed E-state index contributed by atoms with van der Waals surface area (Å²) in [6, 6.07) is 2.25. The molecule has 96 valence electrons. The first kappa shape index (κ1) is 12.0. The van der Waals surface area contributed by atoms with Crippen LogP contribution < -0.4 is 0 Å². The van der Waals surface area contributed by atoms with Gasteiger partial charge in [-0.15, -0.1) is 0 Å². The molecule has 2 fully saturated rings. The lowest BCUT2D eigenvalue weighted by Gasteiger charge is -2.15. The van der Waals surface area contributed by atoms with Crippen molar-refractivity contribution >= 4 is 27.7 Å². The van der Waals surface area contributed by atoms with Gasteiger partial charge in [0.05, 0.1) is 0 Å². The van der Waals surface area contributed by atoms with Gasteiger partial charge in [-0.2, -0.15) is 0 Å². The molecule has 3 rings (SSSR count). The number of hydrogen-bond acceptors (Lipinski definition) is 2. The molecule has 1 aliphatic heterocycles. The predicted molar refractivity (Wildman–Crippen MR) is 70.2 cm³/mol. The SMILES string of the molecule is CC1CC(=O)N(C(=O)c2cc(Br)cn2C2CC2)C1. The Balaban J connectivity index is 1.90. The zero-order valence-corrected chi connectivity index (χ0v) is 11.8. The maximum atomic E-state index is 12.4. The summed E-state index contributed by atoms with van der Waals surface area (Å²) >= 11 is 3.41. The number of hydrogen-bond donors (Lipinski definition) is 0. The third kappa shape index (κ3) is 2.00. The highest BCUT2D eigenvalue weighted by Gasteiger charge is 2.35. The Hall–Kier alpha value is -1.10. The number of imide groups is 1. The van der Waals surface area contributed by atoms with Crippen LogP contribution in [0.1, 0.15) is 42.7 Å². The second kappa shape index (κ2) is 4.23. The molecule has 2 heterocycles. The van der Waals surface area contributed by atoms with E-state index in [0.29, 0.717) is 24.7 Å². The maximum Gasteiger partial charge on any atom is 0.277 e.